The van der Waals surface area contributed by atoms with Crippen LogP contribution in [0.5, 0.6) is 0 Å². The fourth-order valence-corrected chi connectivity index (χ4v) is 3.33. The van der Waals surface area contributed by atoms with E-state index in [-0.39, 0.29) is 5.91 Å². The van der Waals surface area contributed by atoms with E-state index in [0.717, 1.165) is 23.1 Å². The number of nitrogens with one attached hydrogen (secondary N) is 1. The predicted molar refractivity (Wildman–Crippen MR) is 85.2 cm³/mol. The van der Waals surface area contributed by atoms with Crippen molar-refractivity contribution in [1.29, 1.82) is 0 Å². The van der Waals surface area contributed by atoms with Crippen molar-refractivity contribution >= 4 is 21.8 Å². The van der Waals surface area contributed by atoms with Crippen molar-refractivity contribution in [2.45, 2.75) is 45.9 Å². The highest BCUT2D eigenvalue weighted by atomic mass is 79.9. The molecule has 1 amide bonds. The first-order valence-corrected chi connectivity index (χ1v) is 7.73. The number of halogens is 1. The third kappa shape index (κ3) is 4.98. The van der Waals surface area contributed by atoms with Crippen LogP contribution in [0.1, 0.15) is 47.3 Å². The molecule has 3 heteroatoms. The summed E-state index contributed by atoms with van der Waals surface area (Å²) in [7, 11) is 0. The molecule has 0 heterocycles. The average molecular weight is 326 g/mol. The van der Waals surface area contributed by atoms with Gasteiger partial charge in [-0.2, -0.15) is 0 Å². The summed E-state index contributed by atoms with van der Waals surface area (Å²) in [6, 6.07) is 4.11. The molecular weight excluding hydrogens is 302 g/mol. The molecule has 0 fully saturated rings. The number of carbonyl (C=O) groups excluding carboxylic acids is 1. The van der Waals surface area contributed by atoms with Gasteiger partial charge in [0.25, 0.3) is 5.91 Å². The minimum absolute atomic E-state index is 0.0307. The fourth-order valence-electron chi connectivity index (χ4n) is 2.42. The Morgan fingerprint density at radius 1 is 1.21 bits per heavy atom. The van der Waals surface area contributed by atoms with Crippen molar-refractivity contribution in [2.24, 2.45) is 5.92 Å². The lowest BCUT2D eigenvalue weighted by Gasteiger charge is -2.15. The standard InChI is InChI=1S/C16H24BrNO/c1-10(2)6-14(17)9-18-16(19)15-12(4)7-11(3)8-13(15)5/h7-8,10,14H,6,9H2,1-5H3,(H,18,19). The Kier molecular flexibility index (Phi) is 6.05. The molecule has 0 spiro atoms. The van der Waals surface area contributed by atoms with Gasteiger partial charge in [-0.05, 0) is 44.2 Å². The van der Waals surface area contributed by atoms with E-state index in [2.05, 4.69) is 54.2 Å². The molecule has 0 aliphatic rings. The van der Waals surface area contributed by atoms with E-state index < -0.39 is 0 Å². The molecule has 106 valence electrons. The lowest BCUT2D eigenvalue weighted by atomic mass is 9.99. The molecule has 1 unspecified atom stereocenters. The number of amides is 1. The molecular formula is C16H24BrNO. The number of carbonyl (C=O) groups is 1. The molecule has 0 bridgehead atoms. The van der Waals surface area contributed by atoms with Gasteiger partial charge in [0, 0.05) is 16.9 Å². The minimum atomic E-state index is 0.0307. The lowest BCUT2D eigenvalue weighted by Crippen LogP contribution is -2.31. The summed E-state index contributed by atoms with van der Waals surface area (Å²) in [6.07, 6.45) is 1.06. The maximum Gasteiger partial charge on any atom is 0.251 e. The second-order valence-corrected chi connectivity index (χ2v) is 7.01. The van der Waals surface area contributed by atoms with Crippen molar-refractivity contribution in [3.05, 3.63) is 34.4 Å². The van der Waals surface area contributed by atoms with Crippen molar-refractivity contribution < 1.29 is 4.79 Å². The van der Waals surface area contributed by atoms with E-state index in [1.54, 1.807) is 0 Å². The number of alkyl halides is 1. The number of rotatable bonds is 5. The normalized spacial score (nSPS) is 12.6. The van der Waals surface area contributed by atoms with Crippen LogP contribution in [0.3, 0.4) is 0 Å². The van der Waals surface area contributed by atoms with Crippen molar-refractivity contribution in [1.82, 2.24) is 5.32 Å². The minimum Gasteiger partial charge on any atom is -0.351 e. The smallest absolute Gasteiger partial charge is 0.251 e. The highest BCUT2D eigenvalue weighted by Crippen LogP contribution is 2.17. The van der Waals surface area contributed by atoms with E-state index in [1.807, 2.05) is 13.8 Å². The van der Waals surface area contributed by atoms with Crippen LogP contribution in [0, 0.1) is 26.7 Å². The summed E-state index contributed by atoms with van der Waals surface area (Å²) in [5.41, 5.74) is 4.11. The first kappa shape index (κ1) is 16.2. The van der Waals surface area contributed by atoms with Crippen LogP contribution in [0.25, 0.3) is 0 Å². The summed E-state index contributed by atoms with van der Waals surface area (Å²) in [5, 5.41) is 3.02. The van der Waals surface area contributed by atoms with E-state index in [0.29, 0.717) is 17.3 Å². The largest absolute Gasteiger partial charge is 0.351 e. The molecule has 0 aliphatic heterocycles. The topological polar surface area (TPSA) is 29.1 Å². The lowest BCUT2D eigenvalue weighted by molar-refractivity contribution is 0.0952. The second-order valence-electron chi connectivity index (χ2n) is 5.71. The zero-order chi connectivity index (χ0) is 14.6. The Balaban J connectivity index is 2.69. The molecule has 0 radical (unpaired) electrons. The Morgan fingerprint density at radius 3 is 2.21 bits per heavy atom. The van der Waals surface area contributed by atoms with Gasteiger partial charge in [-0.15, -0.1) is 0 Å². The molecule has 19 heavy (non-hydrogen) atoms. The highest BCUT2D eigenvalue weighted by Gasteiger charge is 2.14. The van der Waals surface area contributed by atoms with Gasteiger partial charge in [0.05, 0.1) is 0 Å². The van der Waals surface area contributed by atoms with E-state index in [9.17, 15) is 4.79 Å². The summed E-state index contributed by atoms with van der Waals surface area (Å²) in [5.74, 6) is 0.660. The van der Waals surface area contributed by atoms with Crippen LogP contribution in [0.2, 0.25) is 0 Å². The molecule has 1 atom stereocenters. The Bertz CT molecular complexity index is 431. The highest BCUT2D eigenvalue weighted by molar-refractivity contribution is 9.09. The van der Waals surface area contributed by atoms with Gasteiger partial charge in [-0.25, -0.2) is 0 Å². The first-order chi connectivity index (χ1) is 8.81. The zero-order valence-electron chi connectivity index (χ0n) is 12.5. The molecule has 1 rings (SSSR count). The Labute approximate surface area is 125 Å². The molecule has 1 N–H and O–H groups in total. The number of aryl methyl sites for hydroxylation is 3. The SMILES string of the molecule is Cc1cc(C)c(C(=O)NCC(Br)CC(C)C)c(C)c1. The van der Waals surface area contributed by atoms with Crippen LogP contribution < -0.4 is 5.32 Å². The van der Waals surface area contributed by atoms with Crippen molar-refractivity contribution in [2.75, 3.05) is 6.54 Å². The molecule has 1 aromatic carbocycles. The quantitative estimate of drug-likeness (QED) is 0.809. The van der Waals surface area contributed by atoms with Gasteiger partial charge < -0.3 is 5.32 Å². The molecule has 1 aromatic rings. The maximum absolute atomic E-state index is 12.3. The number of hydrogen-bond acceptors (Lipinski definition) is 1. The van der Waals surface area contributed by atoms with Crippen LogP contribution in [0.4, 0.5) is 0 Å². The summed E-state index contributed by atoms with van der Waals surface area (Å²) in [6.45, 7) is 11.1. The zero-order valence-corrected chi connectivity index (χ0v) is 14.1. The van der Waals surface area contributed by atoms with Crippen LogP contribution in [-0.2, 0) is 0 Å². The average Bonchev–Trinajstić information content (AvgIpc) is 2.23. The Hall–Kier alpha value is -0.830. The fraction of sp³-hybridized carbons (Fsp3) is 0.562. The van der Waals surface area contributed by atoms with Gasteiger partial charge in [-0.3, -0.25) is 4.79 Å². The molecule has 0 saturated heterocycles. The molecule has 2 nitrogen and oxygen atoms in total. The van der Waals surface area contributed by atoms with E-state index in [4.69, 9.17) is 0 Å². The van der Waals surface area contributed by atoms with E-state index >= 15 is 0 Å². The third-order valence-electron chi connectivity index (χ3n) is 3.12. The van der Waals surface area contributed by atoms with Crippen LogP contribution >= 0.6 is 15.9 Å². The van der Waals surface area contributed by atoms with Gasteiger partial charge in [-0.1, -0.05) is 47.5 Å². The van der Waals surface area contributed by atoms with Crippen LogP contribution in [0.15, 0.2) is 12.1 Å². The molecule has 0 saturated carbocycles. The van der Waals surface area contributed by atoms with Crippen LogP contribution in [-0.4, -0.2) is 17.3 Å². The van der Waals surface area contributed by atoms with Gasteiger partial charge in [0.2, 0.25) is 0 Å². The number of hydrogen-bond donors (Lipinski definition) is 1. The van der Waals surface area contributed by atoms with E-state index in [1.165, 1.54) is 5.56 Å². The van der Waals surface area contributed by atoms with Crippen molar-refractivity contribution in [3.8, 4) is 0 Å². The maximum atomic E-state index is 12.3. The van der Waals surface area contributed by atoms with Gasteiger partial charge in [0.15, 0.2) is 0 Å². The molecule has 0 aromatic heterocycles. The van der Waals surface area contributed by atoms with Gasteiger partial charge >= 0.3 is 0 Å². The summed E-state index contributed by atoms with van der Waals surface area (Å²) < 4.78 is 0. The first-order valence-electron chi connectivity index (χ1n) is 6.81. The van der Waals surface area contributed by atoms with Crippen molar-refractivity contribution in [3.63, 3.8) is 0 Å². The number of benzene rings is 1. The predicted octanol–water partition coefficient (Wildman–Crippen LogP) is 4.15. The third-order valence-corrected chi connectivity index (χ3v) is 3.81. The second kappa shape index (κ2) is 7.09. The summed E-state index contributed by atoms with van der Waals surface area (Å²) in [4.78, 5) is 12.6. The summed E-state index contributed by atoms with van der Waals surface area (Å²) >= 11 is 3.61. The monoisotopic (exact) mass is 325 g/mol. The Morgan fingerprint density at radius 2 is 1.74 bits per heavy atom. The molecule has 0 aliphatic carbocycles. The van der Waals surface area contributed by atoms with Gasteiger partial charge in [0.1, 0.15) is 0 Å².